The van der Waals surface area contributed by atoms with E-state index < -0.39 is 5.91 Å². The molecule has 3 aromatic rings. The molecule has 1 N–H and O–H groups in total. The number of fused-ring (bicyclic) bond motifs is 1. The van der Waals surface area contributed by atoms with Crippen molar-refractivity contribution >= 4 is 11.6 Å². The van der Waals surface area contributed by atoms with Gasteiger partial charge in [0.05, 0.1) is 11.3 Å². The third-order valence-corrected chi connectivity index (χ3v) is 4.70. The van der Waals surface area contributed by atoms with E-state index >= 15 is 0 Å². The van der Waals surface area contributed by atoms with Crippen molar-refractivity contribution in [2.24, 2.45) is 5.10 Å². The molecule has 148 valence electrons. The van der Waals surface area contributed by atoms with E-state index in [9.17, 15) is 4.79 Å². The molecule has 1 atom stereocenters. The van der Waals surface area contributed by atoms with Crippen molar-refractivity contribution in [1.29, 1.82) is 5.26 Å². The number of benzene rings is 3. The third-order valence-electron chi connectivity index (χ3n) is 4.70. The molecule has 1 heterocycles. The maximum atomic E-state index is 12.3. The Kier molecular flexibility index (Phi) is 5.72. The molecule has 1 aliphatic rings. The van der Waals surface area contributed by atoms with Gasteiger partial charge in [0.1, 0.15) is 23.7 Å². The highest BCUT2D eigenvalue weighted by Gasteiger charge is 2.26. The highest BCUT2D eigenvalue weighted by Crippen LogP contribution is 2.34. The molecule has 0 spiro atoms. The van der Waals surface area contributed by atoms with Crippen molar-refractivity contribution in [2.45, 2.75) is 12.5 Å². The van der Waals surface area contributed by atoms with Crippen LogP contribution >= 0.6 is 0 Å². The van der Waals surface area contributed by atoms with Gasteiger partial charge in [0, 0.05) is 12.0 Å². The first-order chi connectivity index (χ1) is 14.7. The topological polar surface area (TPSA) is 83.7 Å². The van der Waals surface area contributed by atoms with Crippen LogP contribution in [0.5, 0.6) is 11.5 Å². The number of para-hydroxylation sites is 2. The van der Waals surface area contributed by atoms with Crippen molar-refractivity contribution in [2.75, 3.05) is 6.61 Å². The summed E-state index contributed by atoms with van der Waals surface area (Å²) in [5.41, 5.74) is 5.56. The first-order valence-corrected chi connectivity index (χ1v) is 9.53. The highest BCUT2D eigenvalue weighted by molar-refractivity contribution is 6.04. The van der Waals surface area contributed by atoms with Gasteiger partial charge < -0.3 is 9.47 Å². The second kappa shape index (κ2) is 8.93. The summed E-state index contributed by atoms with van der Waals surface area (Å²) in [5.74, 6) is 0.684. The van der Waals surface area contributed by atoms with Gasteiger partial charge in [-0.3, -0.25) is 4.79 Å². The Labute approximate surface area is 174 Å². The first-order valence-electron chi connectivity index (χ1n) is 9.53. The molecule has 1 amide bonds. The Hall–Kier alpha value is -4.11. The molecule has 0 unspecified atom stereocenters. The molecule has 1 aliphatic heterocycles. The Morgan fingerprint density at radius 2 is 1.80 bits per heavy atom. The molecule has 30 heavy (non-hydrogen) atoms. The van der Waals surface area contributed by atoms with Gasteiger partial charge in [-0.25, -0.2) is 5.43 Å². The zero-order valence-corrected chi connectivity index (χ0v) is 16.1. The number of hydrogen-bond acceptors (Lipinski definition) is 5. The molecule has 0 saturated carbocycles. The molecular weight excluding hydrogens is 378 g/mol. The van der Waals surface area contributed by atoms with Crippen molar-refractivity contribution in [3.63, 3.8) is 0 Å². The van der Waals surface area contributed by atoms with Crippen LogP contribution in [0.4, 0.5) is 0 Å². The van der Waals surface area contributed by atoms with E-state index in [-0.39, 0.29) is 12.7 Å². The number of ether oxygens (including phenoxy) is 2. The van der Waals surface area contributed by atoms with Gasteiger partial charge in [-0.05, 0) is 29.8 Å². The Morgan fingerprint density at radius 3 is 2.63 bits per heavy atom. The predicted octanol–water partition coefficient (Wildman–Crippen LogP) is 3.98. The summed E-state index contributed by atoms with van der Waals surface area (Å²) in [5, 5.41) is 13.5. The quantitative estimate of drug-likeness (QED) is 0.660. The number of amides is 1. The average molecular weight is 397 g/mol. The minimum atomic E-state index is -0.407. The molecule has 0 fully saturated rings. The normalized spacial score (nSPS) is 16.1. The molecule has 0 aliphatic carbocycles. The first kappa shape index (κ1) is 19.2. The van der Waals surface area contributed by atoms with Gasteiger partial charge in [0.25, 0.3) is 5.91 Å². The summed E-state index contributed by atoms with van der Waals surface area (Å²) in [4.78, 5) is 12.3. The lowest BCUT2D eigenvalue weighted by Crippen LogP contribution is -2.28. The van der Waals surface area contributed by atoms with Crippen LogP contribution in [0.25, 0.3) is 0 Å². The minimum absolute atomic E-state index is 0.185. The fourth-order valence-electron chi connectivity index (χ4n) is 3.24. The van der Waals surface area contributed by atoms with Gasteiger partial charge in [0.15, 0.2) is 6.61 Å². The average Bonchev–Trinajstić information content (AvgIpc) is 2.81. The van der Waals surface area contributed by atoms with Crippen molar-refractivity contribution < 1.29 is 14.3 Å². The Bertz CT molecular complexity index is 1120. The number of hydrazone groups is 1. The fraction of sp³-hybridized carbons (Fsp3) is 0.125. The molecule has 0 radical (unpaired) electrons. The van der Waals surface area contributed by atoms with Crippen LogP contribution < -0.4 is 14.9 Å². The number of hydrogen-bond donors (Lipinski definition) is 1. The summed E-state index contributed by atoms with van der Waals surface area (Å²) in [6.07, 6.45) is 0.342. The number of nitrogens with one attached hydrogen (secondary N) is 1. The highest BCUT2D eigenvalue weighted by atomic mass is 16.5. The maximum Gasteiger partial charge on any atom is 0.277 e. The van der Waals surface area contributed by atoms with Crippen LogP contribution in [0.2, 0.25) is 0 Å². The van der Waals surface area contributed by atoms with Gasteiger partial charge in [-0.2, -0.15) is 10.4 Å². The molecule has 6 heteroatoms. The van der Waals surface area contributed by atoms with Crippen molar-refractivity contribution in [3.05, 3.63) is 95.6 Å². The van der Waals surface area contributed by atoms with E-state index in [0.29, 0.717) is 17.7 Å². The fourth-order valence-corrected chi connectivity index (χ4v) is 3.24. The zero-order chi connectivity index (χ0) is 20.8. The van der Waals surface area contributed by atoms with Crippen LogP contribution in [-0.4, -0.2) is 18.2 Å². The Morgan fingerprint density at radius 1 is 1.07 bits per heavy atom. The van der Waals surface area contributed by atoms with Crippen LogP contribution in [0.15, 0.2) is 84.0 Å². The molecule has 6 nitrogen and oxygen atoms in total. The van der Waals surface area contributed by atoms with Gasteiger partial charge in [-0.15, -0.1) is 0 Å². The molecule has 0 bridgehead atoms. The maximum absolute atomic E-state index is 12.3. The zero-order valence-electron chi connectivity index (χ0n) is 16.1. The van der Waals surface area contributed by atoms with Gasteiger partial charge >= 0.3 is 0 Å². The molecule has 3 aromatic carbocycles. The number of rotatable bonds is 5. The lowest BCUT2D eigenvalue weighted by molar-refractivity contribution is -0.123. The summed E-state index contributed by atoms with van der Waals surface area (Å²) in [6.45, 7) is -0.240. The van der Waals surface area contributed by atoms with Crippen LogP contribution in [-0.2, 0) is 4.79 Å². The number of nitrogens with zero attached hydrogens (tertiary/aromatic N) is 2. The second-order valence-corrected chi connectivity index (χ2v) is 6.71. The predicted molar refractivity (Wildman–Crippen MR) is 112 cm³/mol. The largest absolute Gasteiger partial charge is 0.485 e. The van der Waals surface area contributed by atoms with E-state index in [1.165, 1.54) is 0 Å². The summed E-state index contributed by atoms with van der Waals surface area (Å²) < 4.78 is 11.6. The standard InChI is InChI=1S/C24H19N3O3/c25-15-18-10-4-6-12-21(18)29-16-24(28)27-26-20-14-23(17-8-2-1-3-9-17)30-22-13-7-5-11-19(20)22/h1-13,23H,14,16H2,(H,27,28)/t23-/m1/s1. The van der Waals surface area contributed by atoms with Crippen molar-refractivity contribution in [1.82, 2.24) is 5.43 Å². The molecular formula is C24H19N3O3. The van der Waals surface area contributed by atoms with Gasteiger partial charge in [-0.1, -0.05) is 54.6 Å². The second-order valence-electron chi connectivity index (χ2n) is 6.71. The lowest BCUT2D eigenvalue weighted by atomic mass is 9.96. The molecule has 0 saturated heterocycles. The molecule has 4 rings (SSSR count). The van der Waals surface area contributed by atoms with E-state index in [1.807, 2.05) is 60.7 Å². The smallest absolute Gasteiger partial charge is 0.277 e. The van der Waals surface area contributed by atoms with E-state index in [2.05, 4.69) is 10.5 Å². The SMILES string of the molecule is N#Cc1ccccc1OCC(=O)NN=C1C[C@H](c2ccccc2)Oc2ccccc21. The minimum Gasteiger partial charge on any atom is -0.485 e. The van der Waals surface area contributed by atoms with E-state index in [1.54, 1.807) is 24.3 Å². The summed E-state index contributed by atoms with van der Waals surface area (Å²) in [6, 6.07) is 26.3. The van der Waals surface area contributed by atoms with E-state index in [4.69, 9.17) is 14.7 Å². The Balaban J connectivity index is 1.47. The number of carbonyl (C=O) groups excluding carboxylic acids is 1. The molecule has 0 aromatic heterocycles. The summed E-state index contributed by atoms with van der Waals surface area (Å²) >= 11 is 0. The number of carbonyl (C=O) groups is 1. The third kappa shape index (κ3) is 4.31. The van der Waals surface area contributed by atoms with E-state index in [0.717, 1.165) is 22.6 Å². The van der Waals surface area contributed by atoms with Crippen LogP contribution in [0.3, 0.4) is 0 Å². The van der Waals surface area contributed by atoms with Crippen LogP contribution in [0, 0.1) is 11.3 Å². The monoisotopic (exact) mass is 397 g/mol. The summed E-state index contributed by atoms with van der Waals surface area (Å²) in [7, 11) is 0. The lowest BCUT2D eigenvalue weighted by Gasteiger charge is -2.27. The number of nitriles is 1. The van der Waals surface area contributed by atoms with Crippen LogP contribution in [0.1, 0.15) is 29.2 Å². The van der Waals surface area contributed by atoms with Crippen molar-refractivity contribution in [3.8, 4) is 17.6 Å². The van der Waals surface area contributed by atoms with Gasteiger partial charge in [0.2, 0.25) is 0 Å².